The molecule has 3 atom stereocenters. The Hall–Kier alpha value is 0.150. The number of fused-ring (bicyclic) bond motifs is 1. The first-order chi connectivity index (χ1) is 4.77. The molecule has 2 unspecified atom stereocenters. The third-order valence-electron chi connectivity index (χ3n) is 2.90. The average molecular weight is 203 g/mol. The fraction of sp³-hybridized carbons (Fsp3) is 0.875. The van der Waals surface area contributed by atoms with Crippen LogP contribution in [0, 0.1) is 11.8 Å². The second kappa shape index (κ2) is 2.33. The molecule has 2 aliphatic carbocycles. The summed E-state index contributed by atoms with van der Waals surface area (Å²) in [6, 6.07) is 0. The lowest BCUT2D eigenvalue weighted by molar-refractivity contribution is -0.123. The van der Waals surface area contributed by atoms with E-state index in [-0.39, 0.29) is 4.83 Å². The molecule has 0 saturated heterocycles. The van der Waals surface area contributed by atoms with Crippen molar-refractivity contribution in [3.8, 4) is 0 Å². The van der Waals surface area contributed by atoms with Crippen molar-refractivity contribution < 1.29 is 4.79 Å². The van der Waals surface area contributed by atoms with E-state index >= 15 is 0 Å². The normalized spacial score (nSPS) is 46.1. The molecule has 0 aliphatic heterocycles. The van der Waals surface area contributed by atoms with Gasteiger partial charge in [-0.15, -0.1) is 0 Å². The van der Waals surface area contributed by atoms with E-state index in [9.17, 15) is 4.79 Å². The molecular weight excluding hydrogens is 192 g/mol. The van der Waals surface area contributed by atoms with Crippen LogP contribution in [0.1, 0.15) is 25.7 Å². The number of alkyl halides is 1. The summed E-state index contributed by atoms with van der Waals surface area (Å²) in [6.07, 6.45) is 4.61. The molecule has 2 fully saturated rings. The maximum atomic E-state index is 11.1. The van der Waals surface area contributed by atoms with Crippen LogP contribution in [-0.4, -0.2) is 10.6 Å². The minimum atomic E-state index is 0.189. The third kappa shape index (κ3) is 0.931. The fourth-order valence-corrected chi connectivity index (χ4v) is 2.67. The summed E-state index contributed by atoms with van der Waals surface area (Å²) in [5.41, 5.74) is 0. The van der Waals surface area contributed by atoms with Crippen LogP contribution in [0.2, 0.25) is 0 Å². The second-order valence-electron chi connectivity index (χ2n) is 3.47. The van der Waals surface area contributed by atoms with Crippen molar-refractivity contribution in [1.29, 1.82) is 0 Å². The Morgan fingerprint density at radius 1 is 1.30 bits per heavy atom. The zero-order chi connectivity index (χ0) is 7.14. The number of rotatable bonds is 0. The lowest BCUT2D eigenvalue weighted by Gasteiger charge is -2.41. The molecule has 0 heterocycles. The van der Waals surface area contributed by atoms with E-state index in [1.807, 2.05) is 0 Å². The quantitative estimate of drug-likeness (QED) is 0.551. The van der Waals surface area contributed by atoms with Gasteiger partial charge < -0.3 is 0 Å². The van der Waals surface area contributed by atoms with E-state index in [2.05, 4.69) is 15.9 Å². The molecule has 2 rings (SSSR count). The van der Waals surface area contributed by atoms with Crippen molar-refractivity contribution in [2.24, 2.45) is 11.8 Å². The minimum absolute atomic E-state index is 0.189. The smallest absolute Gasteiger partial charge is 0.146 e. The number of halogens is 1. The van der Waals surface area contributed by atoms with E-state index < -0.39 is 0 Å². The second-order valence-corrected chi connectivity index (χ2v) is 4.58. The molecule has 0 radical (unpaired) electrons. The molecular formula is C8H11BrO. The Kier molecular flexibility index (Phi) is 1.59. The van der Waals surface area contributed by atoms with E-state index in [1.54, 1.807) is 0 Å². The van der Waals surface area contributed by atoms with Gasteiger partial charge in [0, 0.05) is 6.42 Å². The highest BCUT2D eigenvalue weighted by Gasteiger charge is 2.39. The van der Waals surface area contributed by atoms with Gasteiger partial charge in [-0.2, -0.15) is 0 Å². The summed E-state index contributed by atoms with van der Waals surface area (Å²) in [5, 5.41) is 0. The zero-order valence-corrected chi connectivity index (χ0v) is 7.43. The van der Waals surface area contributed by atoms with E-state index in [0.717, 1.165) is 24.7 Å². The van der Waals surface area contributed by atoms with Gasteiger partial charge in [-0.25, -0.2) is 0 Å². The number of hydrogen-bond acceptors (Lipinski definition) is 1. The highest BCUT2D eigenvalue weighted by atomic mass is 79.9. The first kappa shape index (κ1) is 6.84. The van der Waals surface area contributed by atoms with E-state index in [0.29, 0.717) is 5.78 Å². The molecule has 0 spiro atoms. The number of carbonyl (C=O) groups is 1. The van der Waals surface area contributed by atoms with Gasteiger partial charge in [0.05, 0.1) is 4.83 Å². The zero-order valence-electron chi connectivity index (χ0n) is 5.85. The Morgan fingerprint density at radius 2 is 2.00 bits per heavy atom. The lowest BCUT2D eigenvalue weighted by Crippen LogP contribution is -2.38. The van der Waals surface area contributed by atoms with Crippen molar-refractivity contribution in [2.45, 2.75) is 30.5 Å². The molecule has 2 heteroatoms. The van der Waals surface area contributed by atoms with E-state index in [1.165, 1.54) is 12.8 Å². The molecule has 0 aromatic heterocycles. The molecule has 1 nitrogen and oxygen atoms in total. The molecule has 0 aromatic rings. The predicted molar refractivity (Wildman–Crippen MR) is 43.2 cm³/mol. The Balaban J connectivity index is 2.03. The SMILES string of the molecule is O=C1CC2CCC2C[C@@H]1Br. The van der Waals surface area contributed by atoms with Gasteiger partial charge in [-0.05, 0) is 31.1 Å². The van der Waals surface area contributed by atoms with Gasteiger partial charge in [0.1, 0.15) is 5.78 Å². The Bertz CT molecular complexity index is 167. The first-order valence-corrected chi connectivity index (χ1v) is 4.85. The lowest BCUT2D eigenvalue weighted by atomic mass is 9.65. The molecule has 0 amide bonds. The van der Waals surface area contributed by atoms with Crippen molar-refractivity contribution in [1.82, 2.24) is 0 Å². The van der Waals surface area contributed by atoms with Gasteiger partial charge in [-0.1, -0.05) is 15.9 Å². The topological polar surface area (TPSA) is 17.1 Å². The average Bonchev–Trinajstić information content (AvgIpc) is 1.89. The van der Waals surface area contributed by atoms with Crippen molar-refractivity contribution in [3.63, 3.8) is 0 Å². The monoisotopic (exact) mass is 202 g/mol. The van der Waals surface area contributed by atoms with Crippen molar-refractivity contribution in [2.75, 3.05) is 0 Å². The van der Waals surface area contributed by atoms with Crippen LogP contribution in [-0.2, 0) is 4.79 Å². The molecule has 0 aromatic carbocycles. The fourth-order valence-electron chi connectivity index (χ4n) is 2.00. The van der Waals surface area contributed by atoms with Gasteiger partial charge >= 0.3 is 0 Å². The van der Waals surface area contributed by atoms with Crippen LogP contribution >= 0.6 is 15.9 Å². The molecule has 56 valence electrons. The van der Waals surface area contributed by atoms with E-state index in [4.69, 9.17) is 0 Å². The maximum Gasteiger partial charge on any atom is 0.146 e. The minimum Gasteiger partial charge on any atom is -0.298 e. The highest BCUT2D eigenvalue weighted by molar-refractivity contribution is 9.10. The van der Waals surface area contributed by atoms with Gasteiger partial charge in [0.25, 0.3) is 0 Å². The largest absolute Gasteiger partial charge is 0.298 e. The molecule has 2 aliphatic rings. The van der Waals surface area contributed by atoms with Crippen molar-refractivity contribution >= 4 is 21.7 Å². The van der Waals surface area contributed by atoms with Crippen LogP contribution in [0.15, 0.2) is 0 Å². The number of hydrogen-bond donors (Lipinski definition) is 0. The van der Waals surface area contributed by atoms with Crippen LogP contribution in [0.3, 0.4) is 0 Å². The summed E-state index contributed by atoms with van der Waals surface area (Å²) in [6.45, 7) is 0. The standard InChI is InChI=1S/C8H11BrO/c9-7-3-5-1-2-6(5)4-8(7)10/h5-7H,1-4H2/t5?,6?,7-/m0/s1. The van der Waals surface area contributed by atoms with Crippen LogP contribution in [0.5, 0.6) is 0 Å². The summed E-state index contributed by atoms with van der Waals surface area (Å²) in [4.78, 5) is 11.3. The number of carbonyl (C=O) groups excluding carboxylic acids is 1. The molecule has 2 saturated carbocycles. The van der Waals surface area contributed by atoms with Gasteiger partial charge in [0.15, 0.2) is 0 Å². The Labute approximate surface area is 69.3 Å². The summed E-state index contributed by atoms with van der Waals surface area (Å²) in [7, 11) is 0. The van der Waals surface area contributed by atoms with Gasteiger partial charge in [-0.3, -0.25) is 4.79 Å². The maximum absolute atomic E-state index is 11.1. The molecule has 10 heavy (non-hydrogen) atoms. The van der Waals surface area contributed by atoms with Crippen LogP contribution in [0.25, 0.3) is 0 Å². The number of ketones is 1. The summed E-state index contributed by atoms with van der Waals surface area (Å²) in [5.74, 6) is 2.07. The third-order valence-corrected chi connectivity index (χ3v) is 3.78. The number of Topliss-reactive ketones (excluding diaryl/α,β-unsaturated/α-hetero) is 1. The van der Waals surface area contributed by atoms with Crippen LogP contribution < -0.4 is 0 Å². The highest BCUT2D eigenvalue weighted by Crippen LogP contribution is 2.45. The molecule has 0 N–H and O–H groups in total. The van der Waals surface area contributed by atoms with Crippen LogP contribution in [0.4, 0.5) is 0 Å². The molecule has 0 bridgehead atoms. The summed E-state index contributed by atoms with van der Waals surface area (Å²) < 4.78 is 0. The van der Waals surface area contributed by atoms with Crippen molar-refractivity contribution in [3.05, 3.63) is 0 Å². The predicted octanol–water partition coefficient (Wildman–Crippen LogP) is 2.14. The summed E-state index contributed by atoms with van der Waals surface area (Å²) >= 11 is 3.41. The first-order valence-electron chi connectivity index (χ1n) is 3.94. The Morgan fingerprint density at radius 3 is 2.50 bits per heavy atom. The van der Waals surface area contributed by atoms with Gasteiger partial charge in [0.2, 0.25) is 0 Å².